The molecule has 0 aliphatic heterocycles. The van der Waals surface area contributed by atoms with Gasteiger partial charge in [0.1, 0.15) is 5.75 Å². The Morgan fingerprint density at radius 2 is 1.94 bits per heavy atom. The minimum atomic E-state index is -0.131. The van der Waals surface area contributed by atoms with E-state index in [1.807, 2.05) is 37.3 Å². The zero-order chi connectivity index (χ0) is 13.1. The summed E-state index contributed by atoms with van der Waals surface area (Å²) in [6.07, 6.45) is 0. The second-order valence-corrected chi connectivity index (χ2v) is 7.33. The summed E-state index contributed by atoms with van der Waals surface area (Å²) >= 11 is 15.1. The van der Waals surface area contributed by atoms with Crippen LogP contribution in [0.2, 0.25) is 0 Å². The first-order chi connectivity index (χ1) is 8.61. The van der Waals surface area contributed by atoms with Gasteiger partial charge in [0, 0.05) is 9.35 Å². The SMILES string of the molecule is CCOc1ccc(C(Cl)c2cc(Br)c(Br)s2)cc1. The molecule has 0 saturated carbocycles. The molecule has 1 unspecified atom stereocenters. The van der Waals surface area contributed by atoms with Crippen LogP contribution in [-0.2, 0) is 0 Å². The Labute approximate surface area is 132 Å². The molecule has 0 fully saturated rings. The van der Waals surface area contributed by atoms with Crippen LogP contribution in [0.3, 0.4) is 0 Å². The van der Waals surface area contributed by atoms with Crippen LogP contribution >= 0.6 is 54.8 Å². The Morgan fingerprint density at radius 3 is 2.44 bits per heavy atom. The maximum absolute atomic E-state index is 6.47. The highest BCUT2D eigenvalue weighted by molar-refractivity contribution is 9.13. The number of rotatable bonds is 4. The van der Waals surface area contributed by atoms with Crippen molar-refractivity contribution in [3.63, 3.8) is 0 Å². The standard InChI is InChI=1S/C13H11Br2ClOS/c1-2-17-9-5-3-8(4-6-9)12(16)11-7-10(14)13(15)18-11/h3-7,12H,2H2,1H3. The third-order valence-electron chi connectivity index (χ3n) is 2.40. The smallest absolute Gasteiger partial charge is 0.119 e. The number of ether oxygens (including phenoxy) is 1. The first-order valence-corrected chi connectivity index (χ1v) is 8.27. The molecule has 0 N–H and O–H groups in total. The van der Waals surface area contributed by atoms with Gasteiger partial charge in [0.15, 0.2) is 0 Å². The summed E-state index contributed by atoms with van der Waals surface area (Å²) in [5.41, 5.74) is 1.07. The van der Waals surface area contributed by atoms with E-state index in [9.17, 15) is 0 Å². The maximum Gasteiger partial charge on any atom is 0.119 e. The average Bonchev–Trinajstić information content (AvgIpc) is 2.70. The van der Waals surface area contributed by atoms with Crippen LogP contribution in [0.5, 0.6) is 5.75 Å². The van der Waals surface area contributed by atoms with Crippen molar-refractivity contribution in [2.75, 3.05) is 6.61 Å². The monoisotopic (exact) mass is 408 g/mol. The van der Waals surface area contributed by atoms with Crippen LogP contribution in [0.25, 0.3) is 0 Å². The van der Waals surface area contributed by atoms with Crippen LogP contribution in [0.1, 0.15) is 22.7 Å². The lowest BCUT2D eigenvalue weighted by atomic mass is 10.1. The first kappa shape index (κ1) is 14.4. The molecule has 0 saturated heterocycles. The zero-order valence-corrected chi connectivity index (χ0v) is 14.4. The molecule has 0 spiro atoms. The molecular formula is C13H11Br2ClOS. The quantitative estimate of drug-likeness (QED) is 0.562. The molecular weight excluding hydrogens is 399 g/mol. The summed E-state index contributed by atoms with van der Waals surface area (Å²) in [5, 5.41) is -0.131. The summed E-state index contributed by atoms with van der Waals surface area (Å²) in [4.78, 5) is 1.11. The van der Waals surface area contributed by atoms with Crippen molar-refractivity contribution in [3.8, 4) is 5.75 Å². The molecule has 0 amide bonds. The first-order valence-electron chi connectivity index (χ1n) is 5.43. The van der Waals surface area contributed by atoms with E-state index < -0.39 is 0 Å². The molecule has 18 heavy (non-hydrogen) atoms. The van der Waals surface area contributed by atoms with Gasteiger partial charge in [-0.1, -0.05) is 12.1 Å². The summed E-state index contributed by atoms with van der Waals surface area (Å²) in [7, 11) is 0. The molecule has 5 heteroatoms. The molecule has 1 atom stereocenters. The topological polar surface area (TPSA) is 9.23 Å². The largest absolute Gasteiger partial charge is 0.494 e. The average molecular weight is 411 g/mol. The molecule has 1 heterocycles. The minimum Gasteiger partial charge on any atom is -0.494 e. The van der Waals surface area contributed by atoms with Gasteiger partial charge in [0.25, 0.3) is 0 Å². The lowest BCUT2D eigenvalue weighted by Crippen LogP contribution is -1.93. The molecule has 1 nitrogen and oxygen atoms in total. The zero-order valence-electron chi connectivity index (χ0n) is 9.62. The highest BCUT2D eigenvalue weighted by Crippen LogP contribution is 2.40. The van der Waals surface area contributed by atoms with Gasteiger partial charge in [-0.15, -0.1) is 22.9 Å². The van der Waals surface area contributed by atoms with E-state index in [0.717, 1.165) is 24.4 Å². The van der Waals surface area contributed by atoms with Crippen molar-refractivity contribution in [3.05, 3.63) is 49.0 Å². The normalized spacial score (nSPS) is 12.4. The van der Waals surface area contributed by atoms with E-state index in [4.69, 9.17) is 16.3 Å². The fraction of sp³-hybridized carbons (Fsp3) is 0.231. The number of hydrogen-bond acceptors (Lipinski definition) is 2. The Hall–Kier alpha value is -0.0300. The minimum absolute atomic E-state index is 0.131. The molecule has 0 aliphatic rings. The van der Waals surface area contributed by atoms with Crippen LogP contribution < -0.4 is 4.74 Å². The number of thiophene rings is 1. The number of halogens is 3. The molecule has 0 bridgehead atoms. The molecule has 0 aliphatic carbocycles. The van der Waals surface area contributed by atoms with Crippen LogP contribution in [0.15, 0.2) is 38.6 Å². The molecule has 0 radical (unpaired) electrons. The van der Waals surface area contributed by atoms with E-state index in [1.54, 1.807) is 11.3 Å². The highest BCUT2D eigenvalue weighted by atomic mass is 79.9. The van der Waals surface area contributed by atoms with Gasteiger partial charge in [-0.2, -0.15) is 0 Å². The number of hydrogen-bond donors (Lipinski definition) is 0. The van der Waals surface area contributed by atoms with Crippen molar-refractivity contribution < 1.29 is 4.74 Å². The van der Waals surface area contributed by atoms with E-state index in [-0.39, 0.29) is 5.38 Å². The van der Waals surface area contributed by atoms with Crippen LogP contribution in [-0.4, -0.2) is 6.61 Å². The van der Waals surface area contributed by atoms with Crippen molar-refractivity contribution >= 4 is 54.8 Å². The summed E-state index contributed by atoms with van der Waals surface area (Å²) in [6.45, 7) is 2.65. The fourth-order valence-corrected chi connectivity index (χ4v) is 3.99. The van der Waals surface area contributed by atoms with Crippen LogP contribution in [0, 0.1) is 0 Å². The van der Waals surface area contributed by atoms with Crippen LogP contribution in [0.4, 0.5) is 0 Å². The van der Waals surface area contributed by atoms with E-state index in [1.165, 1.54) is 0 Å². The lowest BCUT2D eigenvalue weighted by molar-refractivity contribution is 0.340. The number of alkyl halides is 1. The second kappa shape index (κ2) is 6.42. The van der Waals surface area contributed by atoms with Gasteiger partial charge >= 0.3 is 0 Å². The van der Waals surface area contributed by atoms with Gasteiger partial charge in [0.05, 0.1) is 15.8 Å². The predicted octanol–water partition coefficient (Wildman–Crippen LogP) is 6.00. The molecule has 2 rings (SSSR count). The van der Waals surface area contributed by atoms with Gasteiger partial charge in [-0.05, 0) is 62.5 Å². The summed E-state index contributed by atoms with van der Waals surface area (Å²) < 4.78 is 7.52. The second-order valence-electron chi connectivity index (χ2n) is 3.64. The molecule has 1 aromatic heterocycles. The van der Waals surface area contributed by atoms with E-state index in [2.05, 4.69) is 31.9 Å². The van der Waals surface area contributed by atoms with E-state index in [0.29, 0.717) is 6.61 Å². The Morgan fingerprint density at radius 1 is 1.28 bits per heavy atom. The van der Waals surface area contributed by atoms with Crippen molar-refractivity contribution in [2.45, 2.75) is 12.3 Å². The lowest BCUT2D eigenvalue weighted by Gasteiger charge is -2.09. The van der Waals surface area contributed by atoms with Gasteiger partial charge < -0.3 is 4.74 Å². The summed E-state index contributed by atoms with van der Waals surface area (Å²) in [5.74, 6) is 0.874. The Kier molecular flexibility index (Phi) is 5.13. The van der Waals surface area contributed by atoms with Gasteiger partial charge in [0.2, 0.25) is 0 Å². The Balaban J connectivity index is 2.20. The highest BCUT2D eigenvalue weighted by Gasteiger charge is 2.15. The van der Waals surface area contributed by atoms with Gasteiger partial charge in [-0.25, -0.2) is 0 Å². The molecule has 96 valence electrons. The van der Waals surface area contributed by atoms with Crippen molar-refractivity contribution in [1.29, 1.82) is 0 Å². The third-order valence-corrected chi connectivity index (χ3v) is 6.34. The fourth-order valence-electron chi connectivity index (χ4n) is 1.55. The number of benzene rings is 1. The molecule has 2 aromatic rings. The van der Waals surface area contributed by atoms with Crippen molar-refractivity contribution in [2.24, 2.45) is 0 Å². The van der Waals surface area contributed by atoms with Crippen molar-refractivity contribution in [1.82, 2.24) is 0 Å². The van der Waals surface area contributed by atoms with E-state index >= 15 is 0 Å². The Bertz CT molecular complexity index is 505. The summed E-state index contributed by atoms with van der Waals surface area (Å²) in [6, 6.07) is 9.95. The molecule has 1 aromatic carbocycles. The third kappa shape index (κ3) is 3.29. The predicted molar refractivity (Wildman–Crippen MR) is 85.0 cm³/mol. The maximum atomic E-state index is 6.47. The van der Waals surface area contributed by atoms with Gasteiger partial charge in [-0.3, -0.25) is 0 Å².